The lowest BCUT2D eigenvalue weighted by atomic mass is 9.86. The quantitative estimate of drug-likeness (QED) is 0.763. The molecule has 1 fully saturated rings. The molecular weight excluding hydrogens is 228 g/mol. The van der Waals surface area contributed by atoms with Crippen LogP contribution in [0.25, 0.3) is 0 Å². The van der Waals surface area contributed by atoms with Gasteiger partial charge in [0, 0.05) is 6.54 Å². The monoisotopic (exact) mass is 246 g/mol. The lowest BCUT2D eigenvalue weighted by Gasteiger charge is -2.39. The highest BCUT2D eigenvalue weighted by Gasteiger charge is 2.34. The summed E-state index contributed by atoms with van der Waals surface area (Å²) in [6, 6.07) is 9.78. The first-order chi connectivity index (χ1) is 8.61. The maximum Gasteiger partial charge on any atom is 0.312 e. The molecule has 1 aliphatic heterocycles. The number of nitrogens with zero attached hydrogens (tertiary/aromatic N) is 1. The summed E-state index contributed by atoms with van der Waals surface area (Å²) in [6.07, 6.45) is 1.98. The number of carbonyl (C=O) groups excluding carboxylic acids is 2. The molecule has 18 heavy (non-hydrogen) atoms. The number of hydrogen-bond donors (Lipinski definition) is 1. The van der Waals surface area contributed by atoms with Crippen LogP contribution in [0, 0.1) is 5.92 Å². The topological polar surface area (TPSA) is 63.4 Å². The third kappa shape index (κ3) is 2.37. The molecule has 1 heterocycles. The Morgan fingerprint density at radius 2 is 1.94 bits per heavy atom. The number of amides is 2. The minimum Gasteiger partial charge on any atom is -0.361 e. The van der Waals surface area contributed by atoms with Crippen LogP contribution < -0.4 is 5.73 Å². The van der Waals surface area contributed by atoms with Crippen LogP contribution in [0.3, 0.4) is 0 Å². The molecule has 2 atom stereocenters. The summed E-state index contributed by atoms with van der Waals surface area (Å²) in [5, 5.41) is 0. The number of rotatable bonds is 1. The van der Waals surface area contributed by atoms with Gasteiger partial charge in [-0.25, -0.2) is 0 Å². The molecule has 1 saturated heterocycles. The predicted molar refractivity (Wildman–Crippen MR) is 68.5 cm³/mol. The molecule has 0 saturated carbocycles. The number of likely N-dealkylation sites (tertiary alicyclic amines) is 1. The van der Waals surface area contributed by atoms with Crippen molar-refractivity contribution in [3.05, 3.63) is 35.9 Å². The molecule has 0 bridgehead atoms. The molecule has 1 aromatic rings. The first kappa shape index (κ1) is 12.6. The van der Waals surface area contributed by atoms with E-state index in [0.29, 0.717) is 12.5 Å². The molecule has 0 radical (unpaired) electrons. The van der Waals surface area contributed by atoms with Gasteiger partial charge in [-0.2, -0.15) is 0 Å². The van der Waals surface area contributed by atoms with Crippen LogP contribution >= 0.6 is 0 Å². The van der Waals surface area contributed by atoms with Gasteiger partial charge in [0.2, 0.25) is 0 Å². The Morgan fingerprint density at radius 1 is 1.28 bits per heavy atom. The number of piperidine rings is 1. The second kappa shape index (κ2) is 5.21. The molecule has 0 aliphatic carbocycles. The molecule has 2 unspecified atom stereocenters. The predicted octanol–water partition coefficient (Wildman–Crippen LogP) is 1.47. The van der Waals surface area contributed by atoms with Crippen molar-refractivity contribution < 1.29 is 9.59 Å². The van der Waals surface area contributed by atoms with E-state index in [1.807, 2.05) is 30.3 Å². The molecule has 2 rings (SSSR count). The SMILES string of the molecule is CC1CCCN(C(=O)C(N)=O)C1c1ccccc1. The van der Waals surface area contributed by atoms with Crippen molar-refractivity contribution in [1.82, 2.24) is 4.90 Å². The van der Waals surface area contributed by atoms with E-state index in [4.69, 9.17) is 5.73 Å². The van der Waals surface area contributed by atoms with Gasteiger partial charge >= 0.3 is 11.8 Å². The van der Waals surface area contributed by atoms with Crippen molar-refractivity contribution in [1.29, 1.82) is 0 Å². The molecule has 4 nitrogen and oxygen atoms in total. The van der Waals surface area contributed by atoms with Crippen LogP contribution in [0.5, 0.6) is 0 Å². The largest absolute Gasteiger partial charge is 0.361 e. The summed E-state index contributed by atoms with van der Waals surface area (Å²) in [4.78, 5) is 24.6. The molecule has 0 spiro atoms. The van der Waals surface area contributed by atoms with Gasteiger partial charge in [-0.05, 0) is 24.3 Å². The molecule has 2 N–H and O–H groups in total. The van der Waals surface area contributed by atoms with E-state index in [-0.39, 0.29) is 6.04 Å². The first-order valence-corrected chi connectivity index (χ1v) is 6.26. The summed E-state index contributed by atoms with van der Waals surface area (Å²) in [5.74, 6) is -1.11. The van der Waals surface area contributed by atoms with Gasteiger partial charge in [0.05, 0.1) is 6.04 Å². The van der Waals surface area contributed by atoms with Crippen LogP contribution in [0.15, 0.2) is 30.3 Å². The molecular formula is C14H18N2O2. The molecule has 4 heteroatoms. The van der Waals surface area contributed by atoms with Gasteiger partial charge in [0.25, 0.3) is 0 Å². The highest BCUT2D eigenvalue weighted by atomic mass is 16.2. The summed E-state index contributed by atoms with van der Waals surface area (Å²) in [5.41, 5.74) is 6.19. The van der Waals surface area contributed by atoms with Crippen molar-refractivity contribution in [2.45, 2.75) is 25.8 Å². The average Bonchev–Trinajstić information content (AvgIpc) is 2.38. The fraction of sp³-hybridized carbons (Fsp3) is 0.429. The van der Waals surface area contributed by atoms with E-state index < -0.39 is 11.8 Å². The lowest BCUT2D eigenvalue weighted by Crippen LogP contribution is -2.47. The number of benzene rings is 1. The van der Waals surface area contributed by atoms with E-state index in [9.17, 15) is 9.59 Å². The van der Waals surface area contributed by atoms with Gasteiger partial charge in [-0.15, -0.1) is 0 Å². The Balaban J connectivity index is 2.32. The zero-order chi connectivity index (χ0) is 13.1. The number of hydrogen-bond acceptors (Lipinski definition) is 2. The highest BCUT2D eigenvalue weighted by Crippen LogP contribution is 2.35. The van der Waals surface area contributed by atoms with Crippen LogP contribution in [0.1, 0.15) is 31.4 Å². The Kier molecular flexibility index (Phi) is 3.65. The average molecular weight is 246 g/mol. The molecule has 0 aromatic heterocycles. The Hall–Kier alpha value is -1.84. The van der Waals surface area contributed by atoms with Gasteiger partial charge in [-0.3, -0.25) is 9.59 Å². The van der Waals surface area contributed by atoms with Crippen molar-refractivity contribution in [2.24, 2.45) is 11.7 Å². The van der Waals surface area contributed by atoms with Crippen molar-refractivity contribution in [3.63, 3.8) is 0 Å². The molecule has 1 aliphatic rings. The molecule has 96 valence electrons. The summed E-state index contributed by atoms with van der Waals surface area (Å²) < 4.78 is 0. The maximum atomic E-state index is 11.9. The smallest absolute Gasteiger partial charge is 0.312 e. The van der Waals surface area contributed by atoms with Gasteiger partial charge < -0.3 is 10.6 Å². The maximum absolute atomic E-state index is 11.9. The molecule has 1 aromatic carbocycles. The third-order valence-corrected chi connectivity index (χ3v) is 3.55. The lowest BCUT2D eigenvalue weighted by molar-refractivity contribution is -0.147. The summed E-state index contributed by atoms with van der Waals surface area (Å²) in [7, 11) is 0. The van der Waals surface area contributed by atoms with Crippen LogP contribution in [-0.4, -0.2) is 23.3 Å². The standard InChI is InChI=1S/C14H18N2O2/c1-10-6-5-9-16(14(18)13(15)17)12(10)11-7-3-2-4-8-11/h2-4,7-8,10,12H,5-6,9H2,1H3,(H2,15,17). The van der Waals surface area contributed by atoms with E-state index in [0.717, 1.165) is 18.4 Å². The minimum absolute atomic E-state index is 0.0417. The van der Waals surface area contributed by atoms with E-state index in [1.54, 1.807) is 4.90 Å². The molecule has 2 amide bonds. The Labute approximate surface area is 107 Å². The normalized spacial score (nSPS) is 23.7. The van der Waals surface area contributed by atoms with Gasteiger partial charge in [0.1, 0.15) is 0 Å². The summed E-state index contributed by atoms with van der Waals surface area (Å²) >= 11 is 0. The zero-order valence-corrected chi connectivity index (χ0v) is 10.5. The third-order valence-electron chi connectivity index (χ3n) is 3.55. The number of nitrogens with two attached hydrogens (primary N) is 1. The number of primary amides is 1. The second-order valence-electron chi connectivity index (χ2n) is 4.84. The van der Waals surface area contributed by atoms with Crippen LogP contribution in [-0.2, 0) is 9.59 Å². The minimum atomic E-state index is -0.870. The van der Waals surface area contributed by atoms with Gasteiger partial charge in [0.15, 0.2) is 0 Å². The Morgan fingerprint density at radius 3 is 2.56 bits per heavy atom. The van der Waals surface area contributed by atoms with E-state index in [1.165, 1.54) is 0 Å². The van der Waals surface area contributed by atoms with Crippen molar-refractivity contribution in [2.75, 3.05) is 6.54 Å². The highest BCUT2D eigenvalue weighted by molar-refractivity contribution is 6.34. The zero-order valence-electron chi connectivity index (χ0n) is 10.5. The first-order valence-electron chi connectivity index (χ1n) is 6.26. The van der Waals surface area contributed by atoms with Crippen LogP contribution in [0.2, 0.25) is 0 Å². The fourth-order valence-corrected chi connectivity index (χ4v) is 2.72. The fourth-order valence-electron chi connectivity index (χ4n) is 2.72. The van der Waals surface area contributed by atoms with Crippen LogP contribution in [0.4, 0.5) is 0 Å². The van der Waals surface area contributed by atoms with Crippen molar-refractivity contribution >= 4 is 11.8 Å². The van der Waals surface area contributed by atoms with E-state index in [2.05, 4.69) is 6.92 Å². The number of carbonyl (C=O) groups is 2. The van der Waals surface area contributed by atoms with Gasteiger partial charge in [-0.1, -0.05) is 37.3 Å². The second-order valence-corrected chi connectivity index (χ2v) is 4.84. The van der Waals surface area contributed by atoms with Crippen molar-refractivity contribution in [3.8, 4) is 0 Å². The van der Waals surface area contributed by atoms with E-state index >= 15 is 0 Å². The summed E-state index contributed by atoms with van der Waals surface area (Å²) in [6.45, 7) is 2.71. The Bertz CT molecular complexity index is 444.